The number of ether oxygens (including phenoxy) is 1. The third kappa shape index (κ3) is 4.87. The second-order valence-corrected chi connectivity index (χ2v) is 11.4. The molecule has 2 aromatic carbocycles. The van der Waals surface area contributed by atoms with Crippen LogP contribution in [0.25, 0.3) is 11.3 Å². The molecule has 1 fully saturated rings. The van der Waals surface area contributed by atoms with Gasteiger partial charge in [-0.15, -0.1) is 11.3 Å². The van der Waals surface area contributed by atoms with E-state index in [0.717, 1.165) is 33.7 Å². The summed E-state index contributed by atoms with van der Waals surface area (Å²) in [5.74, 6) is 0.337. The van der Waals surface area contributed by atoms with E-state index in [9.17, 15) is 13.2 Å². The summed E-state index contributed by atoms with van der Waals surface area (Å²) in [7, 11) is -1.99. The van der Waals surface area contributed by atoms with E-state index in [-0.39, 0.29) is 11.8 Å². The monoisotopic (exact) mass is 499 g/mol. The number of amides is 1. The third-order valence-corrected chi connectivity index (χ3v) is 9.11. The van der Waals surface area contributed by atoms with Crippen LogP contribution in [0.1, 0.15) is 29.5 Å². The Morgan fingerprint density at radius 1 is 1.12 bits per heavy atom. The normalized spacial score (nSPS) is 15.3. The summed E-state index contributed by atoms with van der Waals surface area (Å²) in [6, 6.07) is 11.4. The number of aromatic nitrogens is 1. The maximum Gasteiger partial charge on any atom is 0.243 e. The number of methoxy groups -OCH3 is 1. The number of sulfonamides is 1. The largest absolute Gasteiger partial charge is 0.496 e. The molecule has 0 radical (unpaired) electrons. The van der Waals surface area contributed by atoms with Crippen LogP contribution in [0.3, 0.4) is 0 Å². The molecule has 4 rings (SSSR count). The minimum Gasteiger partial charge on any atom is -0.496 e. The first-order valence-corrected chi connectivity index (χ1v) is 13.5. The van der Waals surface area contributed by atoms with Crippen molar-refractivity contribution in [1.82, 2.24) is 9.29 Å². The van der Waals surface area contributed by atoms with Gasteiger partial charge in [0.25, 0.3) is 0 Å². The average molecular weight is 500 g/mol. The number of piperidine rings is 1. The first-order chi connectivity index (χ1) is 16.2. The van der Waals surface area contributed by atoms with Crippen LogP contribution in [0, 0.1) is 26.7 Å². The van der Waals surface area contributed by atoms with E-state index >= 15 is 0 Å². The summed E-state index contributed by atoms with van der Waals surface area (Å²) in [4.78, 5) is 17.8. The Labute approximate surface area is 204 Å². The van der Waals surface area contributed by atoms with Gasteiger partial charge in [-0.2, -0.15) is 4.31 Å². The van der Waals surface area contributed by atoms with E-state index < -0.39 is 10.0 Å². The fourth-order valence-corrected chi connectivity index (χ4v) is 7.17. The molecular formula is C25H29N3O4S2. The number of hydrogen-bond acceptors (Lipinski definition) is 6. The van der Waals surface area contributed by atoms with Crippen LogP contribution in [-0.4, -0.2) is 43.8 Å². The standard InChI is InChI=1S/C25H29N3O4S2/c1-16-13-17(2)23(18(3)14-16)34(30,31)28-11-9-19(10-12-28)24(29)27-25-26-21(15-33-25)20-7-5-6-8-22(20)32-4/h5-8,13-15,19H,9-12H2,1-4H3,(H,26,27,29). The van der Waals surface area contributed by atoms with Gasteiger partial charge in [0.05, 0.1) is 17.7 Å². The molecule has 0 saturated carbocycles. The molecule has 1 aliphatic rings. The zero-order valence-corrected chi connectivity index (χ0v) is 21.4. The number of thiazole rings is 1. The van der Waals surface area contributed by atoms with Gasteiger partial charge in [-0.05, 0) is 56.9 Å². The molecule has 0 atom stereocenters. The van der Waals surface area contributed by atoms with Crippen LogP contribution < -0.4 is 10.1 Å². The molecule has 3 aromatic rings. The molecule has 0 spiro atoms. The lowest BCUT2D eigenvalue weighted by Crippen LogP contribution is -2.41. The van der Waals surface area contributed by atoms with Crippen LogP contribution in [-0.2, 0) is 14.8 Å². The quantitative estimate of drug-likeness (QED) is 0.527. The highest BCUT2D eigenvalue weighted by atomic mass is 32.2. The van der Waals surface area contributed by atoms with Gasteiger partial charge in [0, 0.05) is 30.0 Å². The van der Waals surface area contributed by atoms with Crippen LogP contribution in [0.15, 0.2) is 46.7 Å². The molecule has 1 N–H and O–H groups in total. The molecule has 1 saturated heterocycles. The van der Waals surface area contributed by atoms with Crippen LogP contribution in [0.5, 0.6) is 5.75 Å². The third-order valence-electron chi connectivity index (χ3n) is 6.14. The number of nitrogens with one attached hydrogen (secondary N) is 1. The van der Waals surface area contributed by atoms with E-state index in [1.54, 1.807) is 7.11 Å². The second kappa shape index (κ2) is 9.85. The number of aryl methyl sites for hydroxylation is 3. The summed E-state index contributed by atoms with van der Waals surface area (Å²) >= 11 is 1.36. The zero-order chi connectivity index (χ0) is 24.5. The highest BCUT2D eigenvalue weighted by Gasteiger charge is 2.34. The lowest BCUT2D eigenvalue weighted by Gasteiger charge is -2.31. The Hall–Kier alpha value is -2.75. The van der Waals surface area contributed by atoms with Crippen molar-refractivity contribution in [2.24, 2.45) is 5.92 Å². The van der Waals surface area contributed by atoms with Gasteiger partial charge in [0.15, 0.2) is 5.13 Å². The molecule has 180 valence electrons. The van der Waals surface area contributed by atoms with Crippen molar-refractivity contribution < 1.29 is 17.9 Å². The Morgan fingerprint density at radius 2 is 1.76 bits per heavy atom. The number of carbonyl (C=O) groups excluding carboxylic acids is 1. The smallest absolute Gasteiger partial charge is 0.243 e. The number of para-hydroxylation sites is 1. The van der Waals surface area contributed by atoms with E-state index in [4.69, 9.17) is 4.74 Å². The predicted octanol–water partition coefficient (Wildman–Crippen LogP) is 4.78. The number of nitrogens with zero attached hydrogens (tertiary/aromatic N) is 2. The van der Waals surface area contributed by atoms with Gasteiger partial charge < -0.3 is 10.1 Å². The molecule has 0 unspecified atom stereocenters. The molecule has 1 aromatic heterocycles. The van der Waals surface area contributed by atoms with Crippen LogP contribution >= 0.6 is 11.3 Å². The topological polar surface area (TPSA) is 88.6 Å². The molecule has 9 heteroatoms. The van der Waals surface area contributed by atoms with Gasteiger partial charge in [-0.1, -0.05) is 29.8 Å². The van der Waals surface area contributed by atoms with E-state index in [1.165, 1.54) is 15.6 Å². The summed E-state index contributed by atoms with van der Waals surface area (Å²) in [5.41, 5.74) is 4.16. The number of anilines is 1. The molecular weight excluding hydrogens is 470 g/mol. The maximum atomic E-state index is 13.3. The van der Waals surface area contributed by atoms with Crippen molar-refractivity contribution in [3.8, 4) is 17.0 Å². The Balaban J connectivity index is 1.41. The number of benzene rings is 2. The van der Waals surface area contributed by atoms with Crippen molar-refractivity contribution in [1.29, 1.82) is 0 Å². The Bertz CT molecular complexity index is 1290. The SMILES string of the molecule is COc1ccccc1-c1csc(NC(=O)C2CCN(S(=O)(=O)c3c(C)cc(C)cc3C)CC2)n1. The fourth-order valence-electron chi connectivity index (χ4n) is 4.58. The summed E-state index contributed by atoms with van der Waals surface area (Å²) < 4.78 is 33.5. The first-order valence-electron chi connectivity index (χ1n) is 11.2. The van der Waals surface area contributed by atoms with Crippen LogP contribution in [0.4, 0.5) is 5.13 Å². The van der Waals surface area contributed by atoms with Crippen LogP contribution in [0.2, 0.25) is 0 Å². The Morgan fingerprint density at radius 3 is 2.41 bits per heavy atom. The van der Waals surface area contributed by atoms with E-state index in [2.05, 4.69) is 10.3 Å². The minimum atomic E-state index is -3.60. The van der Waals surface area contributed by atoms with Gasteiger partial charge >= 0.3 is 0 Å². The molecule has 0 aliphatic carbocycles. The van der Waals surface area contributed by atoms with Crippen molar-refractivity contribution in [3.63, 3.8) is 0 Å². The number of carbonyl (C=O) groups is 1. The minimum absolute atomic E-state index is 0.124. The van der Waals surface area contributed by atoms with Crippen molar-refractivity contribution in [3.05, 3.63) is 58.5 Å². The van der Waals surface area contributed by atoms with Crippen molar-refractivity contribution >= 4 is 32.4 Å². The molecule has 7 nitrogen and oxygen atoms in total. The number of hydrogen-bond donors (Lipinski definition) is 1. The molecule has 0 bridgehead atoms. The summed E-state index contributed by atoms with van der Waals surface area (Å²) in [6.07, 6.45) is 0.944. The predicted molar refractivity (Wildman–Crippen MR) is 135 cm³/mol. The summed E-state index contributed by atoms with van der Waals surface area (Å²) in [6.45, 7) is 6.26. The maximum absolute atomic E-state index is 13.3. The molecule has 34 heavy (non-hydrogen) atoms. The van der Waals surface area contributed by atoms with Gasteiger partial charge in [0.2, 0.25) is 15.9 Å². The van der Waals surface area contributed by atoms with E-state index in [0.29, 0.717) is 36.0 Å². The highest BCUT2D eigenvalue weighted by molar-refractivity contribution is 7.89. The Kier molecular flexibility index (Phi) is 7.06. The lowest BCUT2D eigenvalue weighted by molar-refractivity contribution is -0.120. The van der Waals surface area contributed by atoms with Gasteiger partial charge in [-0.3, -0.25) is 4.79 Å². The average Bonchev–Trinajstić information content (AvgIpc) is 3.26. The van der Waals surface area contributed by atoms with Gasteiger partial charge in [-0.25, -0.2) is 13.4 Å². The molecule has 1 aliphatic heterocycles. The van der Waals surface area contributed by atoms with Crippen molar-refractivity contribution in [2.45, 2.75) is 38.5 Å². The molecule has 1 amide bonds. The fraction of sp³-hybridized carbons (Fsp3) is 0.360. The highest BCUT2D eigenvalue weighted by Crippen LogP contribution is 2.33. The zero-order valence-electron chi connectivity index (χ0n) is 19.8. The van der Waals surface area contributed by atoms with E-state index in [1.807, 2.05) is 62.5 Å². The summed E-state index contributed by atoms with van der Waals surface area (Å²) in [5, 5.41) is 5.31. The first kappa shape index (κ1) is 24.4. The second-order valence-electron chi connectivity index (χ2n) is 8.63. The number of rotatable bonds is 6. The lowest BCUT2D eigenvalue weighted by atomic mass is 9.97. The van der Waals surface area contributed by atoms with Crippen molar-refractivity contribution in [2.75, 3.05) is 25.5 Å². The van der Waals surface area contributed by atoms with Gasteiger partial charge in [0.1, 0.15) is 5.75 Å². The molecule has 2 heterocycles.